The molecule has 0 unspecified atom stereocenters. The van der Waals surface area contributed by atoms with E-state index in [1.165, 1.54) is 64.1 Å². The van der Waals surface area contributed by atoms with Crippen molar-refractivity contribution >= 4 is 150 Å². The third kappa shape index (κ3) is 27.2. The van der Waals surface area contributed by atoms with E-state index in [1.807, 2.05) is 100 Å². The lowest BCUT2D eigenvalue weighted by atomic mass is 9.95. The number of nitriles is 1. The summed E-state index contributed by atoms with van der Waals surface area (Å²) < 4.78 is 47.7. The maximum absolute atomic E-state index is 14.7. The summed E-state index contributed by atoms with van der Waals surface area (Å²) in [6.07, 6.45) is 20.3. The van der Waals surface area contributed by atoms with Crippen LogP contribution in [0, 0.1) is 29.9 Å². The number of benzene rings is 4. The number of aryl methyl sites for hydroxylation is 1. The Bertz CT molecular complexity index is 7280. The molecule has 1 aliphatic rings. The van der Waals surface area contributed by atoms with E-state index in [0.29, 0.717) is 135 Å². The van der Waals surface area contributed by atoms with E-state index in [1.54, 1.807) is 107 Å². The smallest absolute Gasteiger partial charge is 0.270 e. The molecule has 1 fully saturated rings. The SMILES string of the molecule is CNC(=O)c1c(F)cnc2c([C@H](C)CNc3cc(-c4cnc(COC(C)C)nc4)ncn3)cccc12.CNC(=O)c1ccnc2c([C@H](C)CNc3cc(-c4ccc(C5(O)COC5)nc4)ncn3)ccc(F)c12.CNC(=O)c1ncnc2c([C@H](C)CNc3cc(-c4ccc(C(=O)NCCC#N)nc4)ncn3)cccc12.S.S.S.S.[2H]c1nc(C)ncc1-c1cc(NC[C@@H](C)c2cccc3c(C(=O)NC)ccnc23)ncn1. The molecule has 12 aromatic heterocycles. The topological polar surface area (TPSA) is 501 Å². The van der Waals surface area contributed by atoms with Crippen molar-refractivity contribution in [2.24, 2.45) is 0 Å². The first-order chi connectivity index (χ1) is 68.2. The molecule has 1 aliphatic heterocycles. The molecule has 17 rings (SSSR count). The van der Waals surface area contributed by atoms with Gasteiger partial charge in [-0.05, 0) is 85.5 Å². The molecule has 0 bridgehead atoms. The number of nitrogens with one attached hydrogen (secondary N) is 9. The van der Waals surface area contributed by atoms with Gasteiger partial charge in [-0.3, -0.25) is 48.9 Å². The van der Waals surface area contributed by atoms with Gasteiger partial charge in [0, 0.05) is 202 Å². The fraction of sp³-hybridized carbons (Fsp3) is 0.257. The van der Waals surface area contributed by atoms with Gasteiger partial charge in [0.1, 0.15) is 84.5 Å². The van der Waals surface area contributed by atoms with Gasteiger partial charge in [-0.2, -0.15) is 59.2 Å². The van der Waals surface area contributed by atoms with Crippen molar-refractivity contribution in [1.82, 2.24) is 121 Å². The number of carbonyl (C=O) groups is 5. The molecule has 13 heterocycles. The number of amides is 5. The summed E-state index contributed by atoms with van der Waals surface area (Å²) in [4.78, 5) is 143. The number of aromatic nitrogens is 19. The summed E-state index contributed by atoms with van der Waals surface area (Å²) in [7, 11) is 6.17. The second-order valence-corrected chi connectivity index (χ2v) is 32.9. The third-order valence-electron chi connectivity index (χ3n) is 22.8. The van der Waals surface area contributed by atoms with Crippen LogP contribution >= 0.6 is 54.0 Å². The number of fused-ring (bicyclic) bond motifs is 4. The van der Waals surface area contributed by atoms with Crippen LogP contribution in [0.25, 0.3) is 88.6 Å². The molecule has 16 aromatic rings. The van der Waals surface area contributed by atoms with E-state index in [9.17, 15) is 37.9 Å². The van der Waals surface area contributed by atoms with Gasteiger partial charge in [0.05, 0.1) is 107 Å². The highest BCUT2D eigenvalue weighted by Crippen LogP contribution is 2.36. The number of para-hydroxylation sites is 3. The van der Waals surface area contributed by atoms with Crippen molar-refractivity contribution in [3.8, 4) is 51.1 Å². The van der Waals surface area contributed by atoms with Crippen LogP contribution in [0.2, 0.25) is 0 Å². The summed E-state index contributed by atoms with van der Waals surface area (Å²) in [5.41, 5.74) is 12.8. The van der Waals surface area contributed by atoms with Crippen LogP contribution in [-0.2, 0) is 21.7 Å². The summed E-state index contributed by atoms with van der Waals surface area (Å²) in [5, 5.41) is 47.5. The average Bonchev–Trinajstić information content (AvgIpc) is 0.703. The molecular weight excluding hydrogens is 1910 g/mol. The second kappa shape index (κ2) is 52.2. The van der Waals surface area contributed by atoms with Gasteiger partial charge in [-0.25, -0.2) is 78.6 Å². The van der Waals surface area contributed by atoms with E-state index in [0.717, 1.165) is 61.6 Å². The first kappa shape index (κ1) is 109. The number of aliphatic hydroxyl groups is 1. The summed E-state index contributed by atoms with van der Waals surface area (Å²) >= 11 is 0. The van der Waals surface area contributed by atoms with Crippen LogP contribution in [0.5, 0.6) is 0 Å². The van der Waals surface area contributed by atoms with Crippen LogP contribution in [0.1, 0.15) is 165 Å². The number of ether oxygens (including phenoxy) is 2. The minimum atomic E-state index is -1.02. The normalized spacial score (nSPS) is 12.4. The number of carbonyl (C=O) groups excluding carboxylic acids is 5. The van der Waals surface area contributed by atoms with Crippen LogP contribution in [-0.4, -0.2) is 210 Å². The minimum absolute atomic E-state index is 0. The van der Waals surface area contributed by atoms with Crippen molar-refractivity contribution in [2.45, 2.75) is 96.9 Å². The number of hydrogen-bond acceptors (Lipinski definition) is 32. The Balaban J connectivity index is 0.000000197. The molecule has 0 saturated carbocycles. The Morgan fingerprint density at radius 3 is 1.40 bits per heavy atom. The molecule has 0 radical (unpaired) electrons. The van der Waals surface area contributed by atoms with Crippen molar-refractivity contribution in [1.29, 1.82) is 5.26 Å². The first-order valence-corrected chi connectivity index (χ1v) is 44.8. The molecule has 37 nitrogen and oxygen atoms in total. The fourth-order valence-electron chi connectivity index (χ4n) is 15.1. The Kier molecular flexibility index (Phi) is 39.5. The van der Waals surface area contributed by atoms with E-state index < -0.39 is 23.1 Å². The summed E-state index contributed by atoms with van der Waals surface area (Å²) in [5.74, 6) is 1.05. The zero-order chi connectivity index (χ0) is 99.8. The van der Waals surface area contributed by atoms with Gasteiger partial charge in [-0.1, -0.05) is 88.4 Å². The Morgan fingerprint density at radius 2 is 0.910 bits per heavy atom. The highest BCUT2D eigenvalue weighted by Gasteiger charge is 2.39. The number of hydrogen-bond donors (Lipinski definition) is 10. The molecule has 10 N–H and O–H groups in total. The molecule has 4 aromatic carbocycles. The third-order valence-corrected chi connectivity index (χ3v) is 22.8. The van der Waals surface area contributed by atoms with Crippen LogP contribution < -0.4 is 47.9 Å². The minimum Gasteiger partial charge on any atom is -0.379 e. The average molecular weight is 2020 g/mol. The molecule has 0 aliphatic carbocycles. The lowest BCUT2D eigenvalue weighted by Gasteiger charge is -2.35. The van der Waals surface area contributed by atoms with Crippen molar-refractivity contribution in [2.75, 3.05) is 95.4 Å². The number of rotatable bonds is 31. The lowest BCUT2D eigenvalue weighted by Crippen LogP contribution is -2.47. The van der Waals surface area contributed by atoms with Gasteiger partial charge in [0.25, 0.3) is 29.5 Å². The molecular formula is C101H109F2N29O8S4. The van der Waals surface area contributed by atoms with E-state index >= 15 is 0 Å². The van der Waals surface area contributed by atoms with Crippen LogP contribution in [0.15, 0.2) is 215 Å². The number of halogens is 2. The van der Waals surface area contributed by atoms with Gasteiger partial charge in [0.15, 0.2) is 17.2 Å². The Morgan fingerprint density at radius 1 is 0.451 bits per heavy atom. The van der Waals surface area contributed by atoms with E-state index in [-0.39, 0.29) is 162 Å². The number of nitrogens with zero attached hydrogens (tertiary/aromatic N) is 20. The first-order valence-electron chi connectivity index (χ1n) is 45.3. The highest BCUT2D eigenvalue weighted by atomic mass is 32.1. The molecule has 1 saturated heterocycles. The zero-order valence-corrected chi connectivity index (χ0v) is 84.4. The predicted molar refractivity (Wildman–Crippen MR) is 566 cm³/mol. The largest absolute Gasteiger partial charge is 0.379 e. The predicted octanol–water partition coefficient (Wildman–Crippen LogP) is 13.7. The Hall–Kier alpha value is -15.6. The summed E-state index contributed by atoms with van der Waals surface area (Å²) in [6.45, 7) is 17.1. The quantitative estimate of drug-likeness (QED) is 0.0180. The summed E-state index contributed by atoms with van der Waals surface area (Å²) in [6, 6.07) is 39.6. The van der Waals surface area contributed by atoms with Crippen molar-refractivity contribution < 1.29 is 48.7 Å². The lowest BCUT2D eigenvalue weighted by molar-refractivity contribution is -0.186. The van der Waals surface area contributed by atoms with Gasteiger partial charge >= 0.3 is 0 Å². The zero-order valence-electron chi connectivity index (χ0n) is 81.4. The molecule has 144 heavy (non-hydrogen) atoms. The Labute approximate surface area is 857 Å². The van der Waals surface area contributed by atoms with Crippen molar-refractivity contribution in [3.05, 3.63) is 294 Å². The molecule has 43 heteroatoms. The molecule has 4 atom stereocenters. The van der Waals surface area contributed by atoms with Crippen LogP contribution in [0.3, 0.4) is 0 Å². The van der Waals surface area contributed by atoms with Gasteiger partial charge < -0.3 is 62.4 Å². The maximum Gasteiger partial charge on any atom is 0.270 e. The van der Waals surface area contributed by atoms with E-state index in [4.69, 9.17) is 16.1 Å². The van der Waals surface area contributed by atoms with E-state index in [2.05, 4.69) is 156 Å². The molecule has 0 spiro atoms. The van der Waals surface area contributed by atoms with Gasteiger partial charge in [0.2, 0.25) is 0 Å². The fourth-order valence-corrected chi connectivity index (χ4v) is 15.1. The monoisotopic (exact) mass is 2020 g/mol. The number of anilines is 4. The van der Waals surface area contributed by atoms with Crippen molar-refractivity contribution in [3.63, 3.8) is 0 Å². The molecule has 5 amide bonds. The standard InChI is InChI=1S/C26H28FN7O2.C26H25FN6O3.C26H25N9O2.C23H23N7O.4H2S/c1-15(2)36-13-23-30-10-17(11-31-23)21-8-22(34-14-33-21)29-9-16(3)18-6-5-7-19-24(26(35)28-4)20(27)12-32-25(18)19;1-15(17-4-5-19(27)23-18(25(34)28-2)7-8-29-24(17)23)10-31-22-9-20(32-14-33-22)16-3-6-21(30-11-16)26(35)12-36-13-26;1-16(18-5-3-6-19-23(18)34-15-35-24(19)26(37)28-2)12-31-22-11-21(32-14-33-22)17-7-8-20(30-13-17)25(36)29-10-4-9-27;1-14(17-5-4-6-18-19(23(31)24-3)7-8-25-22(17)18)10-28-21-9-20(29-13-30-21)16-11-26-15(2)27-12-16;;;;/h5-8,10-12,14-16H,9,13H2,1-4H3,(H,28,35)(H,29,33,34);3-9,11,14-15,35H,10,12-13H2,1-2H3,(H,28,34)(H,31,32,33);3,5-8,11,13-16H,4,10,12H2,1-2H3,(H,28,37)(H,29,36)(H,31,32,33);4-9,11-14H,10H2,1-3H3,(H,24,31)(H,28,29,30);4*1H2/t16-;15-;16-;14-;;;;/m1111..../s1/i;;;11D;;;;. The maximum atomic E-state index is 14.7. The van der Waals surface area contributed by atoms with Crippen LogP contribution in [0.4, 0.5) is 32.1 Å². The molecule has 744 valence electrons. The van der Waals surface area contributed by atoms with Gasteiger partial charge in [-0.15, -0.1) is 0 Å². The highest BCUT2D eigenvalue weighted by molar-refractivity contribution is 7.59. The second-order valence-electron chi connectivity index (χ2n) is 32.9. The number of pyridine rings is 5.